The van der Waals surface area contributed by atoms with Crippen LogP contribution in [0.1, 0.15) is 69.8 Å². The third-order valence-corrected chi connectivity index (χ3v) is 4.70. The van der Waals surface area contributed by atoms with Crippen molar-refractivity contribution in [1.29, 1.82) is 0 Å². The van der Waals surface area contributed by atoms with Crippen molar-refractivity contribution in [2.45, 2.75) is 64.2 Å². The monoisotopic (exact) mass is 388 g/mol. The zero-order valence-corrected chi connectivity index (χ0v) is 14.4. The summed E-state index contributed by atoms with van der Waals surface area (Å²) >= 11 is 2.42. The zero-order chi connectivity index (χ0) is 14.8. The average Bonchev–Trinajstić information content (AvgIpc) is 2.41. The van der Waals surface area contributed by atoms with Gasteiger partial charge in [-0.05, 0) is 53.0 Å². The van der Waals surface area contributed by atoms with Gasteiger partial charge in [0.2, 0.25) is 0 Å². The molecular formula is C17H25IO2. The molecule has 1 aromatic rings. The van der Waals surface area contributed by atoms with Gasteiger partial charge in [-0.2, -0.15) is 0 Å². The minimum atomic E-state index is -0.670. The maximum Gasteiger partial charge on any atom is 0.303 e. The normalized spacial score (nSPS) is 12.3. The number of hydrogen-bond acceptors (Lipinski definition) is 1. The molecule has 2 nitrogen and oxygen atoms in total. The Morgan fingerprint density at radius 2 is 1.70 bits per heavy atom. The molecule has 0 fully saturated rings. The molecule has 1 N–H and O–H groups in total. The Kier molecular flexibility index (Phi) is 8.90. The van der Waals surface area contributed by atoms with Gasteiger partial charge in [0.1, 0.15) is 0 Å². The Balaban J connectivity index is 2.07. The van der Waals surface area contributed by atoms with E-state index in [-0.39, 0.29) is 0 Å². The largest absolute Gasteiger partial charge is 0.481 e. The van der Waals surface area contributed by atoms with Gasteiger partial charge in [0, 0.05) is 9.99 Å². The van der Waals surface area contributed by atoms with Crippen LogP contribution in [0.5, 0.6) is 0 Å². The van der Waals surface area contributed by atoms with Crippen LogP contribution in [0.4, 0.5) is 0 Å². The summed E-state index contributed by atoms with van der Waals surface area (Å²) < 4.78 is 1.37. The van der Waals surface area contributed by atoms with Crippen LogP contribution in [0.2, 0.25) is 0 Å². The van der Waals surface area contributed by atoms with Crippen molar-refractivity contribution in [3.05, 3.63) is 33.4 Å². The minimum absolute atomic E-state index is 0.323. The number of benzene rings is 1. The van der Waals surface area contributed by atoms with E-state index in [1.165, 1.54) is 41.2 Å². The molecule has 1 aromatic carbocycles. The standard InChI is InChI=1S/C17H25IO2/c1-14(15-11-8-9-12-16(15)18)10-6-4-2-3-5-7-13-17(19)20/h8-9,11-12,14H,2-7,10,13H2,1H3,(H,19,20). The Bertz CT molecular complexity index is 404. The lowest BCUT2D eigenvalue weighted by molar-refractivity contribution is -0.137. The number of rotatable bonds is 10. The van der Waals surface area contributed by atoms with Crippen molar-refractivity contribution in [3.8, 4) is 0 Å². The lowest BCUT2D eigenvalue weighted by atomic mass is 9.95. The number of halogens is 1. The lowest BCUT2D eigenvalue weighted by Crippen LogP contribution is -1.96. The molecule has 0 bridgehead atoms. The van der Waals surface area contributed by atoms with Gasteiger partial charge in [-0.1, -0.05) is 57.2 Å². The second kappa shape index (κ2) is 10.2. The molecule has 3 heteroatoms. The predicted molar refractivity (Wildman–Crippen MR) is 92.1 cm³/mol. The summed E-state index contributed by atoms with van der Waals surface area (Å²) in [4.78, 5) is 10.4. The second-order valence-corrected chi connectivity index (χ2v) is 6.64. The first kappa shape index (κ1) is 17.5. The summed E-state index contributed by atoms with van der Waals surface area (Å²) in [6.07, 6.45) is 8.39. The van der Waals surface area contributed by atoms with Crippen molar-refractivity contribution in [2.24, 2.45) is 0 Å². The van der Waals surface area contributed by atoms with E-state index in [4.69, 9.17) is 5.11 Å². The second-order valence-electron chi connectivity index (χ2n) is 5.48. The van der Waals surface area contributed by atoms with E-state index in [9.17, 15) is 4.79 Å². The zero-order valence-electron chi connectivity index (χ0n) is 12.3. The molecule has 112 valence electrons. The molecule has 1 unspecified atom stereocenters. The fraction of sp³-hybridized carbons (Fsp3) is 0.588. The molecule has 0 aliphatic carbocycles. The Hall–Kier alpha value is -0.580. The maximum absolute atomic E-state index is 10.4. The predicted octanol–water partition coefficient (Wildman–Crippen LogP) is 5.60. The Morgan fingerprint density at radius 1 is 1.10 bits per heavy atom. The SMILES string of the molecule is CC(CCCCCCCCC(=O)O)c1ccccc1I. The topological polar surface area (TPSA) is 37.3 Å². The first-order valence-electron chi connectivity index (χ1n) is 7.57. The van der Waals surface area contributed by atoms with Crippen LogP contribution in [0.3, 0.4) is 0 Å². The molecule has 0 heterocycles. The van der Waals surface area contributed by atoms with E-state index in [1.807, 2.05) is 0 Å². The van der Waals surface area contributed by atoms with Gasteiger partial charge in [-0.3, -0.25) is 4.79 Å². The summed E-state index contributed by atoms with van der Waals surface area (Å²) in [5.41, 5.74) is 1.47. The Morgan fingerprint density at radius 3 is 2.35 bits per heavy atom. The quantitative estimate of drug-likeness (QED) is 0.419. The van der Waals surface area contributed by atoms with E-state index in [0.717, 1.165) is 12.8 Å². The number of carboxylic acid groups (broad SMARTS) is 1. The van der Waals surface area contributed by atoms with Gasteiger partial charge in [0.25, 0.3) is 0 Å². The molecule has 20 heavy (non-hydrogen) atoms. The van der Waals surface area contributed by atoms with Crippen LogP contribution in [-0.4, -0.2) is 11.1 Å². The lowest BCUT2D eigenvalue weighted by Gasteiger charge is -2.13. The number of unbranched alkanes of at least 4 members (excludes halogenated alkanes) is 5. The fourth-order valence-corrected chi connectivity index (χ4v) is 3.38. The maximum atomic E-state index is 10.4. The first-order chi connectivity index (χ1) is 9.61. The van der Waals surface area contributed by atoms with E-state index >= 15 is 0 Å². The van der Waals surface area contributed by atoms with Crippen molar-refractivity contribution in [1.82, 2.24) is 0 Å². The average molecular weight is 388 g/mol. The molecule has 0 spiro atoms. The Labute approximate surface area is 136 Å². The summed E-state index contributed by atoms with van der Waals surface area (Å²) in [5, 5.41) is 8.55. The minimum Gasteiger partial charge on any atom is -0.481 e. The van der Waals surface area contributed by atoms with Crippen LogP contribution in [0.15, 0.2) is 24.3 Å². The van der Waals surface area contributed by atoms with E-state index in [0.29, 0.717) is 12.3 Å². The van der Waals surface area contributed by atoms with Crippen molar-refractivity contribution >= 4 is 28.6 Å². The summed E-state index contributed by atoms with van der Waals surface area (Å²) in [6.45, 7) is 2.31. The van der Waals surface area contributed by atoms with Gasteiger partial charge >= 0.3 is 5.97 Å². The molecule has 0 saturated heterocycles. The van der Waals surface area contributed by atoms with Crippen LogP contribution in [0.25, 0.3) is 0 Å². The highest BCUT2D eigenvalue weighted by Gasteiger charge is 2.08. The molecule has 0 aliphatic heterocycles. The smallest absolute Gasteiger partial charge is 0.303 e. The number of carboxylic acids is 1. The molecule has 0 aliphatic rings. The van der Waals surface area contributed by atoms with E-state index in [2.05, 4.69) is 53.8 Å². The summed E-state index contributed by atoms with van der Waals surface area (Å²) in [7, 11) is 0. The highest BCUT2D eigenvalue weighted by atomic mass is 127. The molecule has 1 atom stereocenters. The van der Waals surface area contributed by atoms with Crippen molar-refractivity contribution < 1.29 is 9.90 Å². The van der Waals surface area contributed by atoms with Crippen LogP contribution >= 0.6 is 22.6 Å². The van der Waals surface area contributed by atoms with Gasteiger partial charge < -0.3 is 5.11 Å². The third kappa shape index (κ3) is 7.27. The first-order valence-corrected chi connectivity index (χ1v) is 8.65. The highest BCUT2D eigenvalue weighted by molar-refractivity contribution is 14.1. The van der Waals surface area contributed by atoms with E-state index in [1.54, 1.807) is 0 Å². The third-order valence-electron chi connectivity index (χ3n) is 3.71. The molecule has 0 aromatic heterocycles. The van der Waals surface area contributed by atoms with Crippen LogP contribution in [-0.2, 0) is 4.79 Å². The summed E-state index contributed by atoms with van der Waals surface area (Å²) in [5.74, 6) is -0.0357. The van der Waals surface area contributed by atoms with Crippen molar-refractivity contribution in [3.63, 3.8) is 0 Å². The molecule has 1 rings (SSSR count). The van der Waals surface area contributed by atoms with Gasteiger partial charge in [-0.15, -0.1) is 0 Å². The van der Waals surface area contributed by atoms with Gasteiger partial charge in [0.15, 0.2) is 0 Å². The molecule has 0 saturated carbocycles. The number of aliphatic carboxylic acids is 1. The van der Waals surface area contributed by atoms with Crippen molar-refractivity contribution in [2.75, 3.05) is 0 Å². The van der Waals surface area contributed by atoms with Crippen LogP contribution in [0, 0.1) is 3.57 Å². The molecule has 0 amide bonds. The van der Waals surface area contributed by atoms with Crippen LogP contribution < -0.4 is 0 Å². The van der Waals surface area contributed by atoms with Gasteiger partial charge in [0.05, 0.1) is 0 Å². The molecule has 0 radical (unpaired) electrons. The van der Waals surface area contributed by atoms with E-state index < -0.39 is 5.97 Å². The fourth-order valence-electron chi connectivity index (χ4n) is 2.46. The number of hydrogen-bond donors (Lipinski definition) is 1. The number of carbonyl (C=O) groups is 1. The summed E-state index contributed by atoms with van der Waals surface area (Å²) in [6, 6.07) is 8.62. The molecular weight excluding hydrogens is 363 g/mol. The van der Waals surface area contributed by atoms with Gasteiger partial charge in [-0.25, -0.2) is 0 Å². The highest BCUT2D eigenvalue weighted by Crippen LogP contribution is 2.26.